The van der Waals surface area contributed by atoms with Crippen molar-refractivity contribution in [3.63, 3.8) is 0 Å². The smallest absolute Gasteiger partial charge is 0.317 e. The largest absolute Gasteiger partial charge is 0.497 e. The number of rotatable bonds is 5. The molecule has 0 aliphatic heterocycles. The van der Waals surface area contributed by atoms with Crippen LogP contribution in [0.3, 0.4) is 0 Å². The minimum atomic E-state index is -0.0440. The van der Waals surface area contributed by atoms with E-state index in [4.69, 9.17) is 4.74 Å². The molecule has 3 rings (SSSR count). The van der Waals surface area contributed by atoms with Crippen molar-refractivity contribution in [1.29, 1.82) is 0 Å². The second kappa shape index (κ2) is 8.01. The highest BCUT2D eigenvalue weighted by molar-refractivity contribution is 5.73. The summed E-state index contributed by atoms with van der Waals surface area (Å²) < 4.78 is 5.32. The van der Waals surface area contributed by atoms with Gasteiger partial charge >= 0.3 is 6.03 Å². The first-order valence-electron chi connectivity index (χ1n) is 8.72. The number of hydrogen-bond acceptors (Lipinski definition) is 3. The molecule has 2 aromatic rings. The Hall–Kier alpha value is -2.56. The molecular formula is C20H25N3O2. The van der Waals surface area contributed by atoms with Crippen LogP contribution in [0, 0.1) is 0 Å². The lowest BCUT2D eigenvalue weighted by molar-refractivity contribution is 0.206. The Morgan fingerprint density at radius 1 is 1.32 bits per heavy atom. The molecule has 1 aliphatic rings. The second-order valence-corrected chi connectivity index (χ2v) is 6.55. The van der Waals surface area contributed by atoms with Crippen molar-refractivity contribution in [1.82, 2.24) is 15.2 Å². The molecule has 1 heterocycles. The molecular weight excluding hydrogens is 314 g/mol. The molecule has 5 heteroatoms. The number of nitrogens with one attached hydrogen (secondary N) is 1. The predicted octanol–water partition coefficient (Wildman–Crippen LogP) is 3.35. The molecule has 0 unspecified atom stereocenters. The number of urea groups is 1. The van der Waals surface area contributed by atoms with E-state index in [2.05, 4.69) is 22.4 Å². The molecule has 1 atom stereocenters. The van der Waals surface area contributed by atoms with Crippen LogP contribution in [0.1, 0.15) is 35.4 Å². The van der Waals surface area contributed by atoms with Crippen LogP contribution in [0.4, 0.5) is 4.79 Å². The van der Waals surface area contributed by atoms with Gasteiger partial charge in [-0.2, -0.15) is 0 Å². The number of carbonyl (C=O) groups excluding carboxylic acids is 1. The average Bonchev–Trinajstić information content (AvgIpc) is 2.66. The van der Waals surface area contributed by atoms with E-state index in [9.17, 15) is 4.79 Å². The monoisotopic (exact) mass is 339 g/mol. The van der Waals surface area contributed by atoms with E-state index in [-0.39, 0.29) is 6.03 Å². The summed E-state index contributed by atoms with van der Waals surface area (Å²) >= 11 is 0. The van der Waals surface area contributed by atoms with Gasteiger partial charge in [0.2, 0.25) is 0 Å². The van der Waals surface area contributed by atoms with Crippen molar-refractivity contribution < 1.29 is 9.53 Å². The van der Waals surface area contributed by atoms with Gasteiger partial charge in [-0.25, -0.2) is 4.79 Å². The molecule has 0 radical (unpaired) electrons. The predicted molar refractivity (Wildman–Crippen MR) is 97.8 cm³/mol. The van der Waals surface area contributed by atoms with Crippen LogP contribution in [0.2, 0.25) is 0 Å². The number of carbonyl (C=O) groups is 1. The van der Waals surface area contributed by atoms with Crippen molar-refractivity contribution in [3.05, 3.63) is 59.4 Å². The summed E-state index contributed by atoms with van der Waals surface area (Å²) in [4.78, 5) is 18.1. The van der Waals surface area contributed by atoms with Gasteiger partial charge in [-0.3, -0.25) is 4.98 Å². The van der Waals surface area contributed by atoms with Crippen molar-refractivity contribution in [2.24, 2.45) is 0 Å². The Morgan fingerprint density at radius 3 is 2.88 bits per heavy atom. The van der Waals surface area contributed by atoms with Gasteiger partial charge in [-0.05, 0) is 60.2 Å². The normalized spacial score (nSPS) is 16.0. The summed E-state index contributed by atoms with van der Waals surface area (Å²) in [6.45, 7) is 1.24. The third-order valence-corrected chi connectivity index (χ3v) is 4.80. The molecule has 1 N–H and O–H groups in total. The topological polar surface area (TPSA) is 54.5 Å². The van der Waals surface area contributed by atoms with E-state index < -0.39 is 0 Å². The highest BCUT2D eigenvalue weighted by atomic mass is 16.5. The number of ether oxygens (including phenoxy) is 1. The van der Waals surface area contributed by atoms with Gasteiger partial charge in [0.05, 0.1) is 7.11 Å². The van der Waals surface area contributed by atoms with Gasteiger partial charge in [0, 0.05) is 38.4 Å². The first-order valence-corrected chi connectivity index (χ1v) is 8.72. The van der Waals surface area contributed by atoms with E-state index in [1.54, 1.807) is 24.4 Å². The minimum absolute atomic E-state index is 0.0440. The van der Waals surface area contributed by atoms with E-state index in [0.29, 0.717) is 19.0 Å². The average molecular weight is 339 g/mol. The van der Waals surface area contributed by atoms with Gasteiger partial charge in [-0.15, -0.1) is 0 Å². The summed E-state index contributed by atoms with van der Waals surface area (Å²) in [6.07, 6.45) is 6.82. The van der Waals surface area contributed by atoms with Crippen LogP contribution in [-0.2, 0) is 13.0 Å². The highest BCUT2D eigenvalue weighted by Gasteiger charge is 2.21. The quantitative estimate of drug-likeness (QED) is 0.909. The van der Waals surface area contributed by atoms with Crippen LogP contribution in [-0.4, -0.2) is 36.6 Å². The molecule has 0 saturated heterocycles. The second-order valence-electron chi connectivity index (χ2n) is 6.55. The Morgan fingerprint density at radius 2 is 2.12 bits per heavy atom. The number of aromatic nitrogens is 1. The van der Waals surface area contributed by atoms with Crippen molar-refractivity contribution in [3.8, 4) is 5.75 Å². The summed E-state index contributed by atoms with van der Waals surface area (Å²) in [6, 6.07) is 10.1. The van der Waals surface area contributed by atoms with E-state index in [0.717, 1.165) is 30.6 Å². The lowest BCUT2D eigenvalue weighted by Crippen LogP contribution is -2.39. The molecule has 0 fully saturated rings. The number of hydrogen-bond donors (Lipinski definition) is 1. The molecule has 0 saturated carbocycles. The molecule has 25 heavy (non-hydrogen) atoms. The van der Waals surface area contributed by atoms with Crippen LogP contribution in [0.5, 0.6) is 5.75 Å². The molecule has 0 bridgehead atoms. The van der Waals surface area contributed by atoms with Gasteiger partial charge < -0.3 is 15.0 Å². The first kappa shape index (κ1) is 17.3. The molecule has 0 spiro atoms. The van der Waals surface area contributed by atoms with Gasteiger partial charge in [0.1, 0.15) is 5.75 Å². The zero-order chi connectivity index (χ0) is 17.6. The molecule has 1 aliphatic carbocycles. The van der Waals surface area contributed by atoms with E-state index in [1.165, 1.54) is 11.1 Å². The Kier molecular flexibility index (Phi) is 5.53. The van der Waals surface area contributed by atoms with Crippen molar-refractivity contribution in [2.45, 2.75) is 31.7 Å². The fourth-order valence-electron chi connectivity index (χ4n) is 3.41. The molecule has 1 aromatic carbocycles. The Labute approximate surface area is 149 Å². The summed E-state index contributed by atoms with van der Waals surface area (Å²) in [5.41, 5.74) is 3.75. The van der Waals surface area contributed by atoms with Crippen LogP contribution >= 0.6 is 0 Å². The lowest BCUT2D eigenvalue weighted by atomic mass is 9.82. The maximum atomic E-state index is 12.4. The number of methoxy groups -OCH3 is 1. The molecule has 2 amide bonds. The number of amides is 2. The van der Waals surface area contributed by atoms with Crippen molar-refractivity contribution >= 4 is 6.03 Å². The standard InChI is InChI=1S/C20H25N3O2/c1-23(14-15-8-10-21-11-9-15)20(24)22-13-17-5-3-4-16-12-18(25-2)6-7-19(16)17/h6-12,17H,3-5,13-14H2,1-2H3,(H,22,24)/t17-/m1/s1. The lowest BCUT2D eigenvalue weighted by Gasteiger charge is -2.27. The minimum Gasteiger partial charge on any atom is -0.497 e. The summed E-state index contributed by atoms with van der Waals surface area (Å²) in [7, 11) is 3.51. The number of aryl methyl sites for hydroxylation is 1. The SMILES string of the molecule is COc1ccc2c(c1)CCC[C@@H]2CNC(=O)N(C)Cc1ccncc1. The fourth-order valence-corrected chi connectivity index (χ4v) is 3.41. The number of pyridine rings is 1. The zero-order valence-electron chi connectivity index (χ0n) is 14.9. The zero-order valence-corrected chi connectivity index (χ0v) is 14.9. The van der Waals surface area contributed by atoms with Crippen molar-refractivity contribution in [2.75, 3.05) is 20.7 Å². The van der Waals surface area contributed by atoms with E-state index in [1.807, 2.05) is 25.2 Å². The number of nitrogens with zero attached hydrogens (tertiary/aromatic N) is 2. The molecule has 5 nitrogen and oxygen atoms in total. The Balaban J connectivity index is 1.58. The maximum absolute atomic E-state index is 12.4. The third-order valence-electron chi connectivity index (χ3n) is 4.80. The van der Waals surface area contributed by atoms with Crippen LogP contribution in [0.25, 0.3) is 0 Å². The maximum Gasteiger partial charge on any atom is 0.317 e. The van der Waals surface area contributed by atoms with Crippen LogP contribution < -0.4 is 10.1 Å². The van der Waals surface area contributed by atoms with Gasteiger partial charge in [-0.1, -0.05) is 6.07 Å². The third kappa shape index (κ3) is 4.29. The number of fused-ring (bicyclic) bond motifs is 1. The molecule has 132 valence electrons. The fraction of sp³-hybridized carbons (Fsp3) is 0.400. The molecule has 1 aromatic heterocycles. The highest BCUT2D eigenvalue weighted by Crippen LogP contribution is 2.33. The number of benzene rings is 1. The van der Waals surface area contributed by atoms with Gasteiger partial charge in [0.25, 0.3) is 0 Å². The summed E-state index contributed by atoms with van der Waals surface area (Å²) in [5.74, 6) is 1.27. The van der Waals surface area contributed by atoms with Crippen LogP contribution in [0.15, 0.2) is 42.7 Å². The first-order chi connectivity index (χ1) is 12.2. The summed E-state index contributed by atoms with van der Waals surface area (Å²) in [5, 5.41) is 3.08. The van der Waals surface area contributed by atoms with Gasteiger partial charge in [0.15, 0.2) is 0 Å². The van der Waals surface area contributed by atoms with E-state index >= 15 is 0 Å². The Bertz CT molecular complexity index is 718.